The molecule has 0 aliphatic carbocycles. The van der Waals surface area contributed by atoms with Crippen LogP contribution in [0.25, 0.3) is 0 Å². The lowest BCUT2D eigenvalue weighted by Crippen LogP contribution is -2.02. The van der Waals surface area contributed by atoms with Crippen LogP contribution in [0.4, 0.5) is 0 Å². The minimum Gasteiger partial charge on any atom is -0.496 e. The predicted molar refractivity (Wildman–Crippen MR) is 82.2 cm³/mol. The molecule has 0 heterocycles. The molecule has 0 spiro atoms. The minimum atomic E-state index is 0.722. The van der Waals surface area contributed by atoms with Gasteiger partial charge in [-0.25, -0.2) is 0 Å². The largest absolute Gasteiger partial charge is 0.496 e. The molecule has 1 rings (SSSR count). The molecule has 0 bridgehead atoms. The molecule has 0 fully saturated rings. The Morgan fingerprint density at radius 3 is 2.12 bits per heavy atom. The van der Waals surface area contributed by atoms with Crippen LogP contribution in [0.5, 0.6) is 11.5 Å². The maximum absolute atomic E-state index is 5.77. The van der Waals surface area contributed by atoms with Crippen LogP contribution in [0.15, 0.2) is 12.1 Å². The number of ether oxygens (including phenoxy) is 2. The summed E-state index contributed by atoms with van der Waals surface area (Å²) in [5.41, 5.74) is 2.21. The normalized spacial score (nSPS) is 10.4. The van der Waals surface area contributed by atoms with Gasteiger partial charge >= 0.3 is 0 Å². The van der Waals surface area contributed by atoms with Crippen LogP contribution in [-0.2, 0) is 10.7 Å². The molecule has 96 valence electrons. The highest BCUT2D eigenvalue weighted by Crippen LogP contribution is 2.31. The van der Waals surface area contributed by atoms with E-state index in [-0.39, 0.29) is 0 Å². The third-order valence-corrected chi connectivity index (χ3v) is 4.06. The first kappa shape index (κ1) is 15.3. The van der Waals surface area contributed by atoms with Crippen molar-refractivity contribution in [3.05, 3.63) is 23.3 Å². The summed E-state index contributed by atoms with van der Waals surface area (Å²) in [6.07, 6.45) is 0.997. The average molecular weight is 431 g/mol. The molecule has 17 heavy (non-hydrogen) atoms. The van der Waals surface area contributed by atoms with Crippen molar-refractivity contribution in [2.45, 2.75) is 17.1 Å². The monoisotopic (exact) mass is 428 g/mol. The lowest BCUT2D eigenvalue weighted by molar-refractivity contribution is 0.315. The molecule has 0 amide bonds. The number of halogens is 3. The average Bonchev–Trinajstić information content (AvgIpc) is 2.38. The molecule has 0 atom stereocenters. The van der Waals surface area contributed by atoms with E-state index in [1.165, 1.54) is 0 Å². The Kier molecular flexibility index (Phi) is 7.55. The smallest absolute Gasteiger partial charge is 0.123 e. The summed E-state index contributed by atoms with van der Waals surface area (Å²) in [6.45, 7) is 0.722. The van der Waals surface area contributed by atoms with Gasteiger partial charge in [0.1, 0.15) is 11.5 Å². The van der Waals surface area contributed by atoms with E-state index in [0.717, 1.165) is 51.6 Å². The van der Waals surface area contributed by atoms with Gasteiger partial charge in [0.25, 0.3) is 0 Å². The molecule has 0 N–H and O–H groups in total. The topological polar surface area (TPSA) is 18.5 Å². The highest BCUT2D eigenvalue weighted by atomic mass is 79.9. The zero-order valence-electron chi connectivity index (χ0n) is 9.64. The first-order valence-electron chi connectivity index (χ1n) is 5.27. The zero-order chi connectivity index (χ0) is 12.7. The standard InChI is InChI=1S/C12H15Br3O2/c1-16-11-5-10(8-15)12(6-9(11)7-14)17-4-2-3-13/h5-6H,2-4,7-8H2,1H3. The fourth-order valence-electron chi connectivity index (χ4n) is 1.41. The minimum absolute atomic E-state index is 0.722. The van der Waals surface area contributed by atoms with Crippen molar-refractivity contribution in [2.75, 3.05) is 19.0 Å². The van der Waals surface area contributed by atoms with Crippen LogP contribution in [0.2, 0.25) is 0 Å². The van der Waals surface area contributed by atoms with Gasteiger partial charge in [-0.15, -0.1) is 0 Å². The zero-order valence-corrected chi connectivity index (χ0v) is 14.4. The van der Waals surface area contributed by atoms with Crippen molar-refractivity contribution in [2.24, 2.45) is 0 Å². The molecule has 2 nitrogen and oxygen atoms in total. The molecule has 0 radical (unpaired) electrons. The van der Waals surface area contributed by atoms with Gasteiger partial charge in [-0.1, -0.05) is 47.8 Å². The first-order chi connectivity index (χ1) is 8.26. The Labute approximate surface area is 127 Å². The number of methoxy groups -OCH3 is 1. The molecule has 0 aliphatic rings. The Hall–Kier alpha value is 0.260. The summed E-state index contributed by atoms with van der Waals surface area (Å²) in [7, 11) is 1.69. The van der Waals surface area contributed by atoms with Gasteiger partial charge in [-0.3, -0.25) is 0 Å². The van der Waals surface area contributed by atoms with Crippen LogP contribution in [-0.4, -0.2) is 19.0 Å². The molecular formula is C12H15Br3O2. The van der Waals surface area contributed by atoms with Gasteiger partial charge in [0.2, 0.25) is 0 Å². The van der Waals surface area contributed by atoms with Gasteiger partial charge in [-0.2, -0.15) is 0 Å². The van der Waals surface area contributed by atoms with Crippen molar-refractivity contribution in [1.82, 2.24) is 0 Å². The molecule has 0 aliphatic heterocycles. The van der Waals surface area contributed by atoms with Crippen LogP contribution < -0.4 is 9.47 Å². The van der Waals surface area contributed by atoms with Crippen molar-refractivity contribution in [1.29, 1.82) is 0 Å². The quantitative estimate of drug-likeness (QED) is 0.463. The first-order valence-corrected chi connectivity index (χ1v) is 8.63. The third kappa shape index (κ3) is 4.45. The number of rotatable bonds is 7. The summed E-state index contributed by atoms with van der Waals surface area (Å²) >= 11 is 10.3. The Bertz CT molecular complexity index is 356. The van der Waals surface area contributed by atoms with E-state index in [4.69, 9.17) is 9.47 Å². The van der Waals surface area contributed by atoms with E-state index in [0.29, 0.717) is 0 Å². The van der Waals surface area contributed by atoms with E-state index in [1.54, 1.807) is 7.11 Å². The maximum Gasteiger partial charge on any atom is 0.123 e. The Morgan fingerprint density at radius 1 is 1.00 bits per heavy atom. The highest BCUT2D eigenvalue weighted by Gasteiger charge is 2.10. The number of benzene rings is 1. The summed E-state index contributed by atoms with van der Waals surface area (Å²) in [6, 6.07) is 4.06. The fourth-order valence-corrected chi connectivity index (χ4v) is 2.52. The van der Waals surface area contributed by atoms with Gasteiger partial charge < -0.3 is 9.47 Å². The number of alkyl halides is 3. The lowest BCUT2D eigenvalue weighted by Gasteiger charge is -2.14. The van der Waals surface area contributed by atoms with Gasteiger partial charge in [0.05, 0.1) is 13.7 Å². The molecule has 5 heteroatoms. The molecule has 0 aromatic heterocycles. The lowest BCUT2D eigenvalue weighted by atomic mass is 10.1. The van der Waals surface area contributed by atoms with E-state index < -0.39 is 0 Å². The van der Waals surface area contributed by atoms with E-state index in [2.05, 4.69) is 47.8 Å². The van der Waals surface area contributed by atoms with Crippen molar-refractivity contribution in [3.8, 4) is 11.5 Å². The Morgan fingerprint density at radius 2 is 1.59 bits per heavy atom. The molecule has 0 saturated heterocycles. The molecule has 1 aromatic carbocycles. The van der Waals surface area contributed by atoms with E-state index in [1.807, 2.05) is 12.1 Å². The van der Waals surface area contributed by atoms with Crippen molar-refractivity contribution < 1.29 is 9.47 Å². The summed E-state index contributed by atoms with van der Waals surface area (Å²) in [4.78, 5) is 0. The van der Waals surface area contributed by atoms with Gasteiger partial charge in [-0.05, 0) is 18.6 Å². The Balaban J connectivity index is 2.93. The van der Waals surface area contributed by atoms with E-state index >= 15 is 0 Å². The van der Waals surface area contributed by atoms with Crippen molar-refractivity contribution >= 4 is 47.8 Å². The van der Waals surface area contributed by atoms with Gasteiger partial charge in [0, 0.05) is 27.1 Å². The summed E-state index contributed by atoms with van der Waals surface area (Å²) in [5, 5.41) is 2.47. The second-order valence-corrected chi connectivity index (χ2v) is 5.34. The fraction of sp³-hybridized carbons (Fsp3) is 0.500. The van der Waals surface area contributed by atoms with E-state index in [9.17, 15) is 0 Å². The highest BCUT2D eigenvalue weighted by molar-refractivity contribution is 9.09. The number of hydrogen-bond acceptors (Lipinski definition) is 2. The van der Waals surface area contributed by atoms with Crippen LogP contribution in [0.3, 0.4) is 0 Å². The van der Waals surface area contributed by atoms with Crippen LogP contribution in [0, 0.1) is 0 Å². The predicted octanol–water partition coefficient (Wildman–Crippen LogP) is 4.65. The van der Waals surface area contributed by atoms with Crippen molar-refractivity contribution in [3.63, 3.8) is 0 Å². The maximum atomic E-state index is 5.77. The second-order valence-electron chi connectivity index (χ2n) is 3.43. The molecule has 1 aromatic rings. The summed E-state index contributed by atoms with van der Waals surface area (Å²) in [5.74, 6) is 1.82. The summed E-state index contributed by atoms with van der Waals surface area (Å²) < 4.78 is 11.1. The SMILES string of the molecule is COc1cc(CBr)c(OCCCBr)cc1CBr. The second kappa shape index (κ2) is 8.38. The number of hydrogen-bond donors (Lipinski definition) is 0. The van der Waals surface area contributed by atoms with Gasteiger partial charge in [0.15, 0.2) is 0 Å². The third-order valence-electron chi connectivity index (χ3n) is 2.29. The molecule has 0 unspecified atom stereocenters. The van der Waals surface area contributed by atoms with Crippen LogP contribution in [0.1, 0.15) is 17.5 Å². The molecular weight excluding hydrogens is 416 g/mol. The van der Waals surface area contributed by atoms with Crippen LogP contribution >= 0.6 is 47.8 Å². The molecule has 0 saturated carbocycles.